The van der Waals surface area contributed by atoms with Gasteiger partial charge in [-0.3, -0.25) is 9.67 Å². The molecular formula is C18H21N5O3. The molecule has 8 nitrogen and oxygen atoms in total. The molecule has 1 saturated heterocycles. The molecule has 8 heteroatoms. The lowest BCUT2D eigenvalue weighted by Crippen LogP contribution is -2.23. The molecule has 3 aromatic rings. The average Bonchev–Trinajstić information content (AvgIpc) is 3.31. The van der Waals surface area contributed by atoms with Crippen LogP contribution >= 0.6 is 0 Å². The summed E-state index contributed by atoms with van der Waals surface area (Å²) >= 11 is 0. The highest BCUT2D eigenvalue weighted by atomic mass is 16.5. The van der Waals surface area contributed by atoms with Gasteiger partial charge in [0.05, 0.1) is 24.4 Å². The molecule has 0 amide bonds. The molecule has 0 N–H and O–H groups in total. The van der Waals surface area contributed by atoms with Crippen LogP contribution in [0, 0.1) is 6.92 Å². The number of ether oxygens (including phenoxy) is 2. The lowest BCUT2D eigenvalue weighted by Gasteiger charge is -2.29. The number of hydrogen-bond donors (Lipinski definition) is 0. The Morgan fingerprint density at radius 2 is 2.23 bits per heavy atom. The van der Waals surface area contributed by atoms with Crippen molar-refractivity contribution in [3.8, 4) is 17.1 Å². The second-order valence-electron chi connectivity index (χ2n) is 6.39. The van der Waals surface area contributed by atoms with E-state index in [1.165, 1.54) is 0 Å². The van der Waals surface area contributed by atoms with Gasteiger partial charge in [0, 0.05) is 31.6 Å². The molecule has 1 fully saturated rings. The summed E-state index contributed by atoms with van der Waals surface area (Å²) in [5, 5.41) is 8.39. The Labute approximate surface area is 151 Å². The van der Waals surface area contributed by atoms with Gasteiger partial charge in [0.2, 0.25) is 11.7 Å². The van der Waals surface area contributed by atoms with Gasteiger partial charge in [0.25, 0.3) is 0 Å². The fraction of sp³-hybridized carbons (Fsp3) is 0.444. The average molecular weight is 355 g/mol. The van der Waals surface area contributed by atoms with E-state index in [0.717, 1.165) is 29.8 Å². The van der Waals surface area contributed by atoms with Crippen LogP contribution in [-0.4, -0.2) is 38.6 Å². The van der Waals surface area contributed by atoms with E-state index in [1.54, 1.807) is 19.5 Å². The van der Waals surface area contributed by atoms with E-state index in [9.17, 15) is 0 Å². The summed E-state index contributed by atoms with van der Waals surface area (Å²) in [6.07, 6.45) is 5.23. The van der Waals surface area contributed by atoms with Gasteiger partial charge in [0.15, 0.2) is 0 Å². The Bertz CT molecular complexity index is 904. The lowest BCUT2D eigenvalue weighted by molar-refractivity contribution is -0.0148. The number of nitrogens with zero attached hydrogens (tertiary/aromatic N) is 5. The number of rotatable bonds is 4. The Kier molecular flexibility index (Phi) is 4.42. The summed E-state index contributed by atoms with van der Waals surface area (Å²) in [6.45, 7) is 2.61. The van der Waals surface area contributed by atoms with Gasteiger partial charge < -0.3 is 14.0 Å². The van der Waals surface area contributed by atoms with E-state index in [-0.39, 0.29) is 12.0 Å². The van der Waals surface area contributed by atoms with Crippen molar-refractivity contribution in [3.05, 3.63) is 41.8 Å². The zero-order chi connectivity index (χ0) is 18.1. The van der Waals surface area contributed by atoms with E-state index < -0.39 is 0 Å². The predicted molar refractivity (Wildman–Crippen MR) is 92.7 cm³/mol. The minimum atomic E-state index is -0.143. The third-order valence-corrected chi connectivity index (χ3v) is 4.75. The topological polar surface area (TPSA) is 88.1 Å². The monoisotopic (exact) mass is 355 g/mol. The molecule has 2 atom stereocenters. The summed E-state index contributed by atoms with van der Waals surface area (Å²) in [6, 6.07) is 3.84. The maximum absolute atomic E-state index is 6.02. The van der Waals surface area contributed by atoms with E-state index in [0.29, 0.717) is 24.1 Å². The fourth-order valence-corrected chi connectivity index (χ4v) is 3.33. The molecule has 4 heterocycles. The Morgan fingerprint density at radius 3 is 3.00 bits per heavy atom. The highest BCUT2D eigenvalue weighted by Gasteiger charge is 2.34. The van der Waals surface area contributed by atoms with Gasteiger partial charge in [-0.1, -0.05) is 5.16 Å². The Morgan fingerprint density at radius 1 is 1.35 bits per heavy atom. The zero-order valence-electron chi connectivity index (χ0n) is 15.0. The van der Waals surface area contributed by atoms with Crippen molar-refractivity contribution in [2.75, 3.05) is 13.7 Å². The molecular weight excluding hydrogens is 334 g/mol. The molecule has 0 saturated carbocycles. The van der Waals surface area contributed by atoms with Gasteiger partial charge in [-0.2, -0.15) is 10.1 Å². The molecule has 1 aliphatic rings. The van der Waals surface area contributed by atoms with Crippen LogP contribution < -0.4 is 4.74 Å². The first-order valence-corrected chi connectivity index (χ1v) is 8.61. The SMILES string of the molecule is COc1cc(-c2noc([C@@H]3CCCO[C@H]3c3ccnn3C)n2)cnc1C. The maximum Gasteiger partial charge on any atom is 0.233 e. The fourth-order valence-electron chi connectivity index (χ4n) is 3.33. The van der Waals surface area contributed by atoms with Gasteiger partial charge in [-0.25, -0.2) is 0 Å². The second-order valence-corrected chi connectivity index (χ2v) is 6.39. The molecule has 0 radical (unpaired) electrons. The smallest absolute Gasteiger partial charge is 0.233 e. The number of hydrogen-bond acceptors (Lipinski definition) is 7. The van der Waals surface area contributed by atoms with E-state index in [1.807, 2.05) is 30.8 Å². The molecule has 1 aliphatic heterocycles. The lowest BCUT2D eigenvalue weighted by atomic mass is 9.92. The van der Waals surface area contributed by atoms with Crippen LogP contribution in [0.1, 0.15) is 42.1 Å². The van der Waals surface area contributed by atoms with E-state index >= 15 is 0 Å². The molecule has 0 aliphatic carbocycles. The summed E-state index contributed by atoms with van der Waals surface area (Å²) < 4.78 is 18.8. The first kappa shape index (κ1) is 16.7. The molecule has 136 valence electrons. The normalized spacial score (nSPS) is 20.3. The zero-order valence-corrected chi connectivity index (χ0v) is 15.0. The quantitative estimate of drug-likeness (QED) is 0.711. The Hall–Kier alpha value is -2.74. The number of methoxy groups -OCH3 is 1. The molecule has 0 unspecified atom stereocenters. The number of aryl methyl sites for hydroxylation is 2. The number of aromatic nitrogens is 5. The van der Waals surface area contributed by atoms with Crippen LogP contribution in [0.15, 0.2) is 29.0 Å². The first-order chi connectivity index (χ1) is 12.7. The molecule has 4 rings (SSSR count). The van der Waals surface area contributed by atoms with Gasteiger partial charge >= 0.3 is 0 Å². The van der Waals surface area contributed by atoms with E-state index in [2.05, 4.69) is 20.2 Å². The van der Waals surface area contributed by atoms with Gasteiger partial charge in [0.1, 0.15) is 11.9 Å². The maximum atomic E-state index is 6.02. The minimum absolute atomic E-state index is 0.000651. The molecule has 0 spiro atoms. The van der Waals surface area contributed by atoms with Crippen molar-refractivity contribution in [3.63, 3.8) is 0 Å². The predicted octanol–water partition coefficient (Wildman–Crippen LogP) is 2.82. The number of pyridine rings is 1. The molecule has 3 aromatic heterocycles. The summed E-state index contributed by atoms with van der Waals surface area (Å²) in [7, 11) is 3.53. The van der Waals surface area contributed by atoms with E-state index in [4.69, 9.17) is 14.0 Å². The third-order valence-electron chi connectivity index (χ3n) is 4.75. The summed E-state index contributed by atoms with van der Waals surface area (Å²) in [5.74, 6) is 1.77. The molecule has 0 bridgehead atoms. The van der Waals surface area contributed by atoms with Crippen LogP contribution in [0.4, 0.5) is 0 Å². The van der Waals surface area contributed by atoms with Gasteiger partial charge in [-0.15, -0.1) is 0 Å². The highest BCUT2D eigenvalue weighted by molar-refractivity contribution is 5.56. The molecule has 26 heavy (non-hydrogen) atoms. The Balaban J connectivity index is 1.65. The van der Waals surface area contributed by atoms with Crippen molar-refractivity contribution >= 4 is 0 Å². The van der Waals surface area contributed by atoms with Crippen LogP contribution in [0.5, 0.6) is 5.75 Å². The summed E-state index contributed by atoms with van der Waals surface area (Å²) in [4.78, 5) is 8.95. The van der Waals surface area contributed by atoms with Crippen molar-refractivity contribution in [1.82, 2.24) is 24.9 Å². The largest absolute Gasteiger partial charge is 0.495 e. The van der Waals surface area contributed by atoms with Gasteiger partial charge in [-0.05, 0) is 31.9 Å². The summed E-state index contributed by atoms with van der Waals surface area (Å²) in [5.41, 5.74) is 2.58. The first-order valence-electron chi connectivity index (χ1n) is 8.61. The van der Waals surface area contributed by atoms with Crippen molar-refractivity contribution < 1.29 is 14.0 Å². The van der Waals surface area contributed by atoms with Crippen molar-refractivity contribution in [2.24, 2.45) is 7.05 Å². The minimum Gasteiger partial charge on any atom is -0.495 e. The standard InChI is InChI=1S/C18H21N5O3/c1-11-15(24-3)9-12(10-19-11)17-21-18(26-22-17)13-5-4-8-25-16(13)14-6-7-20-23(14)2/h6-7,9-10,13,16H,4-5,8H2,1-3H3/t13-,16-/m1/s1. The third kappa shape index (κ3) is 2.96. The van der Waals surface area contributed by atoms with Crippen molar-refractivity contribution in [1.29, 1.82) is 0 Å². The van der Waals surface area contributed by atoms with Crippen LogP contribution in [0.25, 0.3) is 11.4 Å². The van der Waals surface area contributed by atoms with Crippen LogP contribution in [0.3, 0.4) is 0 Å². The molecule has 0 aromatic carbocycles. The van der Waals surface area contributed by atoms with Crippen LogP contribution in [-0.2, 0) is 11.8 Å². The van der Waals surface area contributed by atoms with Crippen molar-refractivity contribution in [2.45, 2.75) is 31.8 Å². The van der Waals surface area contributed by atoms with Crippen LogP contribution in [0.2, 0.25) is 0 Å². The highest BCUT2D eigenvalue weighted by Crippen LogP contribution is 2.40. The second kappa shape index (κ2) is 6.87.